The third-order valence-electron chi connectivity index (χ3n) is 2.45. The van der Waals surface area contributed by atoms with Gasteiger partial charge in [0.25, 0.3) is 0 Å². The summed E-state index contributed by atoms with van der Waals surface area (Å²) in [6, 6.07) is 7.31. The zero-order valence-electron chi connectivity index (χ0n) is 8.82. The first-order chi connectivity index (χ1) is 7.27. The third-order valence-corrected chi connectivity index (χ3v) is 2.45. The molecule has 0 saturated heterocycles. The molecule has 1 heteroatoms. The van der Waals surface area contributed by atoms with E-state index in [2.05, 4.69) is 12.5 Å². The molecule has 0 aromatic heterocycles. The van der Waals surface area contributed by atoms with Gasteiger partial charge in [-0.2, -0.15) is 0 Å². The highest BCUT2D eigenvalue weighted by atomic mass is 16.3. The Hall–Kier alpha value is -1.68. The first-order valence-electron chi connectivity index (χ1n) is 5.11. The minimum atomic E-state index is 0.299. The Kier molecular flexibility index (Phi) is 4.50. The van der Waals surface area contributed by atoms with Crippen LogP contribution in [0.3, 0.4) is 0 Å². The van der Waals surface area contributed by atoms with E-state index in [1.807, 2.05) is 18.2 Å². The van der Waals surface area contributed by atoms with Crippen molar-refractivity contribution in [2.24, 2.45) is 0 Å². The smallest absolute Gasteiger partial charge is 0.115 e. The maximum absolute atomic E-state index is 9.19. The maximum Gasteiger partial charge on any atom is 0.115 e. The van der Waals surface area contributed by atoms with Crippen LogP contribution in [0.25, 0.3) is 0 Å². The van der Waals surface area contributed by atoms with Gasteiger partial charge in [0.1, 0.15) is 5.75 Å². The number of rotatable bonds is 5. The van der Waals surface area contributed by atoms with E-state index in [-0.39, 0.29) is 0 Å². The third kappa shape index (κ3) is 3.52. The number of aromatic hydroxyl groups is 1. The average Bonchev–Trinajstić information content (AvgIpc) is 2.25. The molecule has 0 radical (unpaired) electrons. The van der Waals surface area contributed by atoms with Gasteiger partial charge in [0, 0.05) is 6.42 Å². The molecule has 0 fully saturated rings. The molecule has 15 heavy (non-hydrogen) atoms. The van der Waals surface area contributed by atoms with Gasteiger partial charge in [0.15, 0.2) is 0 Å². The number of terminal acetylenes is 1. The number of phenols is 1. The highest BCUT2D eigenvalue weighted by Gasteiger charge is 2.08. The second-order valence-electron chi connectivity index (χ2n) is 3.56. The molecule has 0 aliphatic heterocycles. The number of benzene rings is 1. The van der Waals surface area contributed by atoms with Gasteiger partial charge in [0.2, 0.25) is 0 Å². The van der Waals surface area contributed by atoms with Crippen molar-refractivity contribution in [1.29, 1.82) is 0 Å². The van der Waals surface area contributed by atoms with Crippen LogP contribution in [0, 0.1) is 12.3 Å². The topological polar surface area (TPSA) is 20.2 Å². The van der Waals surface area contributed by atoms with Crippen molar-refractivity contribution in [3.63, 3.8) is 0 Å². The molecule has 1 nitrogen and oxygen atoms in total. The van der Waals surface area contributed by atoms with Crippen LogP contribution in [0.1, 0.15) is 30.7 Å². The van der Waals surface area contributed by atoms with Crippen molar-refractivity contribution in [1.82, 2.24) is 0 Å². The molecule has 1 aromatic rings. The average molecular weight is 200 g/mol. The van der Waals surface area contributed by atoms with Gasteiger partial charge in [-0.05, 0) is 36.5 Å². The fourth-order valence-electron chi connectivity index (χ4n) is 1.63. The van der Waals surface area contributed by atoms with Crippen molar-refractivity contribution < 1.29 is 5.11 Å². The molecular formula is C14H16O. The van der Waals surface area contributed by atoms with Gasteiger partial charge in [0.05, 0.1) is 0 Å². The van der Waals surface area contributed by atoms with Gasteiger partial charge in [-0.15, -0.1) is 18.9 Å². The molecule has 1 rings (SSSR count). The van der Waals surface area contributed by atoms with E-state index in [4.69, 9.17) is 6.42 Å². The molecule has 0 aliphatic rings. The Morgan fingerprint density at radius 1 is 1.40 bits per heavy atom. The van der Waals surface area contributed by atoms with Crippen LogP contribution in [0.15, 0.2) is 36.9 Å². The summed E-state index contributed by atoms with van der Waals surface area (Å²) in [7, 11) is 0. The maximum atomic E-state index is 9.19. The summed E-state index contributed by atoms with van der Waals surface area (Å²) in [6.07, 6.45) is 9.84. The predicted octanol–water partition coefficient (Wildman–Crippen LogP) is 3.47. The van der Waals surface area contributed by atoms with E-state index in [0.717, 1.165) is 19.3 Å². The fraction of sp³-hybridized carbons (Fsp3) is 0.286. The first kappa shape index (κ1) is 11.4. The van der Waals surface area contributed by atoms with Crippen molar-refractivity contribution in [3.05, 3.63) is 42.5 Å². The molecule has 0 saturated carbocycles. The van der Waals surface area contributed by atoms with Crippen LogP contribution in [0.2, 0.25) is 0 Å². The summed E-state index contributed by atoms with van der Waals surface area (Å²) in [5.74, 6) is 3.37. The molecule has 0 bridgehead atoms. The van der Waals surface area contributed by atoms with Crippen LogP contribution in [0.5, 0.6) is 5.75 Å². The summed E-state index contributed by atoms with van der Waals surface area (Å²) in [4.78, 5) is 0. The van der Waals surface area contributed by atoms with Crippen LogP contribution < -0.4 is 0 Å². The lowest BCUT2D eigenvalue weighted by Gasteiger charge is -2.14. The lowest BCUT2D eigenvalue weighted by Crippen LogP contribution is -1.96. The number of allylic oxidation sites excluding steroid dienone is 1. The number of hydrogen-bond donors (Lipinski definition) is 1. The van der Waals surface area contributed by atoms with Crippen molar-refractivity contribution in [2.45, 2.75) is 25.2 Å². The normalized spacial score (nSPS) is 11.7. The molecule has 0 aliphatic carbocycles. The lowest BCUT2D eigenvalue weighted by atomic mass is 9.91. The van der Waals surface area contributed by atoms with Crippen molar-refractivity contribution in [3.8, 4) is 18.1 Å². The molecule has 1 aromatic carbocycles. The molecule has 0 heterocycles. The summed E-state index contributed by atoms with van der Waals surface area (Å²) in [5.41, 5.74) is 1.21. The molecule has 0 amide bonds. The summed E-state index contributed by atoms with van der Waals surface area (Å²) in [5, 5.41) is 9.19. The molecule has 78 valence electrons. The molecule has 1 atom stereocenters. The summed E-state index contributed by atoms with van der Waals surface area (Å²) >= 11 is 0. The largest absolute Gasteiger partial charge is 0.508 e. The Morgan fingerprint density at radius 2 is 2.07 bits per heavy atom. The van der Waals surface area contributed by atoms with E-state index in [9.17, 15) is 5.11 Å². The quantitative estimate of drug-likeness (QED) is 0.570. The van der Waals surface area contributed by atoms with E-state index in [1.165, 1.54) is 5.56 Å². The van der Waals surface area contributed by atoms with Gasteiger partial charge < -0.3 is 5.11 Å². The van der Waals surface area contributed by atoms with Crippen LogP contribution in [0.4, 0.5) is 0 Å². The van der Waals surface area contributed by atoms with E-state index in [1.54, 1.807) is 12.1 Å². The zero-order chi connectivity index (χ0) is 11.1. The predicted molar refractivity (Wildman–Crippen MR) is 63.7 cm³/mol. The number of phenolic OH excluding ortho intramolecular Hbond substituents is 1. The first-order valence-corrected chi connectivity index (χ1v) is 5.11. The molecular weight excluding hydrogens is 184 g/mol. The van der Waals surface area contributed by atoms with Crippen LogP contribution in [-0.2, 0) is 0 Å². The summed E-state index contributed by atoms with van der Waals surface area (Å²) < 4.78 is 0. The minimum absolute atomic E-state index is 0.299. The van der Waals surface area contributed by atoms with Crippen molar-refractivity contribution >= 4 is 0 Å². The Bertz CT molecular complexity index is 343. The van der Waals surface area contributed by atoms with E-state index < -0.39 is 0 Å². The molecule has 1 unspecified atom stereocenters. The monoisotopic (exact) mass is 200 g/mol. The Balaban J connectivity index is 2.74. The van der Waals surface area contributed by atoms with Gasteiger partial charge in [-0.3, -0.25) is 0 Å². The SMILES string of the molecule is C#CCCC(CC=C)c1ccc(O)cc1. The Morgan fingerprint density at radius 3 is 2.60 bits per heavy atom. The van der Waals surface area contributed by atoms with Crippen LogP contribution in [-0.4, -0.2) is 5.11 Å². The van der Waals surface area contributed by atoms with Gasteiger partial charge >= 0.3 is 0 Å². The van der Waals surface area contributed by atoms with Crippen molar-refractivity contribution in [2.75, 3.05) is 0 Å². The highest BCUT2D eigenvalue weighted by molar-refractivity contribution is 5.28. The second kappa shape index (κ2) is 5.93. The minimum Gasteiger partial charge on any atom is -0.508 e. The molecule has 0 spiro atoms. The number of hydrogen-bond acceptors (Lipinski definition) is 1. The van der Waals surface area contributed by atoms with Gasteiger partial charge in [-0.1, -0.05) is 18.2 Å². The Labute approximate surface area is 91.5 Å². The molecule has 1 N–H and O–H groups in total. The van der Waals surface area contributed by atoms with Crippen LogP contribution >= 0.6 is 0 Å². The standard InChI is InChI=1S/C14H16O/c1-3-5-7-12(6-4-2)13-8-10-14(15)11-9-13/h1,4,8-12,15H,2,5-7H2. The summed E-state index contributed by atoms with van der Waals surface area (Å²) in [6.45, 7) is 3.75. The highest BCUT2D eigenvalue weighted by Crippen LogP contribution is 2.26. The zero-order valence-corrected chi connectivity index (χ0v) is 8.82. The lowest BCUT2D eigenvalue weighted by molar-refractivity contribution is 0.474. The van der Waals surface area contributed by atoms with E-state index in [0.29, 0.717) is 11.7 Å². The van der Waals surface area contributed by atoms with Gasteiger partial charge in [-0.25, -0.2) is 0 Å². The van der Waals surface area contributed by atoms with E-state index >= 15 is 0 Å². The second-order valence-corrected chi connectivity index (χ2v) is 3.56. The fourth-order valence-corrected chi connectivity index (χ4v) is 1.63.